The monoisotopic (exact) mass is 227 g/mol. The van der Waals surface area contributed by atoms with Crippen LogP contribution in [0.25, 0.3) is 11.3 Å². The number of aliphatic hydroxyl groups is 1. The van der Waals surface area contributed by atoms with Crippen molar-refractivity contribution in [3.63, 3.8) is 0 Å². The molecule has 2 nitrogen and oxygen atoms in total. The van der Waals surface area contributed by atoms with Crippen molar-refractivity contribution < 1.29 is 5.11 Å². The van der Waals surface area contributed by atoms with Crippen LogP contribution >= 0.6 is 0 Å². The Morgan fingerprint density at radius 2 is 1.88 bits per heavy atom. The van der Waals surface area contributed by atoms with E-state index in [1.807, 2.05) is 37.3 Å². The van der Waals surface area contributed by atoms with Crippen molar-refractivity contribution in [2.75, 3.05) is 0 Å². The van der Waals surface area contributed by atoms with E-state index in [0.717, 1.165) is 24.1 Å². The fraction of sp³-hybridized carbons (Fsp3) is 0.267. The zero-order valence-corrected chi connectivity index (χ0v) is 10.0. The van der Waals surface area contributed by atoms with E-state index in [4.69, 9.17) is 0 Å². The third kappa shape index (κ3) is 3.14. The molecule has 2 rings (SSSR count). The molecule has 0 spiro atoms. The highest BCUT2D eigenvalue weighted by Crippen LogP contribution is 2.22. The molecule has 1 heterocycles. The smallest absolute Gasteiger partial charge is 0.0704 e. The van der Waals surface area contributed by atoms with Crippen LogP contribution in [0.4, 0.5) is 0 Å². The van der Waals surface area contributed by atoms with Crippen LogP contribution in [0, 0.1) is 0 Å². The summed E-state index contributed by atoms with van der Waals surface area (Å²) >= 11 is 0. The Kier molecular flexibility index (Phi) is 3.89. The molecule has 1 aromatic heterocycles. The van der Waals surface area contributed by atoms with Crippen LogP contribution in [0.2, 0.25) is 0 Å². The van der Waals surface area contributed by atoms with Gasteiger partial charge in [-0.15, -0.1) is 0 Å². The summed E-state index contributed by atoms with van der Waals surface area (Å²) in [6.45, 7) is 1.82. The molecule has 0 bridgehead atoms. The molecule has 0 fully saturated rings. The Morgan fingerprint density at radius 3 is 2.59 bits per heavy atom. The van der Waals surface area contributed by atoms with Gasteiger partial charge in [0.15, 0.2) is 0 Å². The predicted molar refractivity (Wildman–Crippen MR) is 69.7 cm³/mol. The molecule has 0 aliphatic rings. The van der Waals surface area contributed by atoms with Crippen molar-refractivity contribution in [3.05, 3.63) is 54.2 Å². The minimum atomic E-state index is -0.258. The number of benzene rings is 1. The van der Waals surface area contributed by atoms with Crippen LogP contribution < -0.4 is 0 Å². The van der Waals surface area contributed by atoms with Gasteiger partial charge >= 0.3 is 0 Å². The van der Waals surface area contributed by atoms with Gasteiger partial charge in [-0.2, -0.15) is 0 Å². The first-order chi connectivity index (χ1) is 8.27. The fourth-order valence-electron chi connectivity index (χ4n) is 1.87. The third-order valence-corrected chi connectivity index (χ3v) is 2.79. The molecule has 2 heteroatoms. The van der Waals surface area contributed by atoms with E-state index >= 15 is 0 Å². The lowest BCUT2D eigenvalue weighted by atomic mass is 9.99. The van der Waals surface area contributed by atoms with Crippen LogP contribution in [0.3, 0.4) is 0 Å². The first kappa shape index (κ1) is 11.8. The quantitative estimate of drug-likeness (QED) is 0.870. The van der Waals surface area contributed by atoms with Crippen molar-refractivity contribution in [2.24, 2.45) is 0 Å². The molecule has 1 unspecified atom stereocenters. The molecule has 0 radical (unpaired) electrons. The Hall–Kier alpha value is -1.67. The van der Waals surface area contributed by atoms with Crippen molar-refractivity contribution in [2.45, 2.75) is 25.9 Å². The SMILES string of the molecule is CC(O)CCc1ccccc1-c1ccccn1. The van der Waals surface area contributed by atoms with E-state index in [1.54, 1.807) is 6.20 Å². The van der Waals surface area contributed by atoms with Gasteiger partial charge in [0.05, 0.1) is 11.8 Å². The van der Waals surface area contributed by atoms with Crippen molar-refractivity contribution >= 4 is 0 Å². The number of nitrogens with zero attached hydrogens (tertiary/aromatic N) is 1. The summed E-state index contributed by atoms with van der Waals surface area (Å²) in [5.74, 6) is 0. The van der Waals surface area contributed by atoms with E-state index in [2.05, 4.69) is 17.1 Å². The van der Waals surface area contributed by atoms with E-state index in [9.17, 15) is 5.11 Å². The number of aliphatic hydroxyl groups excluding tert-OH is 1. The number of aryl methyl sites for hydroxylation is 1. The lowest BCUT2D eigenvalue weighted by Crippen LogP contribution is -2.02. The standard InChI is InChI=1S/C15H17NO/c1-12(17)9-10-13-6-2-3-7-14(13)15-8-4-5-11-16-15/h2-8,11-12,17H,9-10H2,1H3. The van der Waals surface area contributed by atoms with Gasteiger partial charge in [-0.25, -0.2) is 0 Å². The van der Waals surface area contributed by atoms with Crippen molar-refractivity contribution in [1.82, 2.24) is 4.98 Å². The van der Waals surface area contributed by atoms with Gasteiger partial charge in [-0.1, -0.05) is 30.3 Å². The van der Waals surface area contributed by atoms with Crippen molar-refractivity contribution in [1.29, 1.82) is 0 Å². The lowest BCUT2D eigenvalue weighted by Gasteiger charge is -2.09. The van der Waals surface area contributed by atoms with Crippen LogP contribution in [0.5, 0.6) is 0 Å². The van der Waals surface area contributed by atoms with Gasteiger partial charge in [0.2, 0.25) is 0 Å². The summed E-state index contributed by atoms with van der Waals surface area (Å²) in [6.07, 6.45) is 3.21. The molecule has 2 aromatic rings. The first-order valence-corrected chi connectivity index (χ1v) is 5.95. The summed E-state index contributed by atoms with van der Waals surface area (Å²) in [5.41, 5.74) is 3.40. The Bertz CT molecular complexity index is 465. The van der Waals surface area contributed by atoms with Gasteiger partial charge in [-0.3, -0.25) is 4.98 Å². The highest BCUT2D eigenvalue weighted by molar-refractivity contribution is 5.63. The number of aromatic nitrogens is 1. The zero-order valence-electron chi connectivity index (χ0n) is 10.0. The summed E-state index contributed by atoms with van der Waals surface area (Å²) in [6, 6.07) is 14.2. The van der Waals surface area contributed by atoms with E-state index in [1.165, 1.54) is 5.56 Å². The maximum Gasteiger partial charge on any atom is 0.0704 e. The summed E-state index contributed by atoms with van der Waals surface area (Å²) in [5, 5.41) is 9.36. The van der Waals surface area contributed by atoms with Gasteiger partial charge < -0.3 is 5.11 Å². The predicted octanol–water partition coefficient (Wildman–Crippen LogP) is 3.06. The van der Waals surface area contributed by atoms with Gasteiger partial charge in [0.25, 0.3) is 0 Å². The van der Waals surface area contributed by atoms with Crippen molar-refractivity contribution in [3.8, 4) is 11.3 Å². The van der Waals surface area contributed by atoms with E-state index < -0.39 is 0 Å². The maximum absolute atomic E-state index is 9.36. The average molecular weight is 227 g/mol. The molecule has 88 valence electrons. The molecule has 0 saturated heterocycles. The average Bonchev–Trinajstić information content (AvgIpc) is 2.38. The maximum atomic E-state index is 9.36. The summed E-state index contributed by atoms with van der Waals surface area (Å²) in [4.78, 5) is 4.37. The molecule has 0 amide bonds. The molecule has 17 heavy (non-hydrogen) atoms. The molecule has 0 aliphatic carbocycles. The second-order valence-corrected chi connectivity index (χ2v) is 4.26. The normalized spacial score (nSPS) is 12.4. The largest absolute Gasteiger partial charge is 0.393 e. The highest BCUT2D eigenvalue weighted by atomic mass is 16.3. The molecule has 0 aliphatic heterocycles. The second-order valence-electron chi connectivity index (χ2n) is 4.26. The number of pyridine rings is 1. The van der Waals surface area contributed by atoms with Crippen LogP contribution in [0.1, 0.15) is 18.9 Å². The first-order valence-electron chi connectivity index (χ1n) is 5.95. The van der Waals surface area contributed by atoms with E-state index in [-0.39, 0.29) is 6.10 Å². The number of hydrogen-bond donors (Lipinski definition) is 1. The van der Waals surface area contributed by atoms with Gasteiger partial charge in [-0.05, 0) is 37.5 Å². The van der Waals surface area contributed by atoms with Crippen LogP contribution in [-0.4, -0.2) is 16.2 Å². The number of rotatable bonds is 4. The summed E-state index contributed by atoms with van der Waals surface area (Å²) < 4.78 is 0. The molecular formula is C15H17NO. The fourth-order valence-corrected chi connectivity index (χ4v) is 1.87. The Labute approximate surface area is 102 Å². The van der Waals surface area contributed by atoms with E-state index in [0.29, 0.717) is 0 Å². The van der Waals surface area contributed by atoms with Gasteiger partial charge in [0.1, 0.15) is 0 Å². The molecule has 0 saturated carbocycles. The minimum Gasteiger partial charge on any atom is -0.393 e. The van der Waals surface area contributed by atoms with Crippen LogP contribution in [0.15, 0.2) is 48.7 Å². The topological polar surface area (TPSA) is 33.1 Å². The summed E-state index contributed by atoms with van der Waals surface area (Å²) in [7, 11) is 0. The lowest BCUT2D eigenvalue weighted by molar-refractivity contribution is 0.185. The number of hydrogen-bond acceptors (Lipinski definition) is 2. The van der Waals surface area contributed by atoms with Gasteiger partial charge in [0, 0.05) is 11.8 Å². The second kappa shape index (κ2) is 5.60. The third-order valence-electron chi connectivity index (χ3n) is 2.79. The molecule has 1 atom stereocenters. The molecule has 1 aromatic carbocycles. The molecule has 1 N–H and O–H groups in total. The minimum absolute atomic E-state index is 0.258. The van der Waals surface area contributed by atoms with Crippen LogP contribution in [-0.2, 0) is 6.42 Å². The zero-order chi connectivity index (χ0) is 12.1. The Morgan fingerprint density at radius 1 is 1.12 bits per heavy atom. The highest BCUT2D eigenvalue weighted by Gasteiger charge is 2.06. The molecular weight excluding hydrogens is 210 g/mol. The Balaban J connectivity index is 2.28.